The van der Waals surface area contributed by atoms with Gasteiger partial charge in [0.05, 0.1) is 17.2 Å². The SMILES string of the molecule is Cc1ccc(-c2c(NS(=O)(=O)/C=C/c3ccccc3)ncnc2OCCOc2cnccn2)cc1. The average Bonchev–Trinajstić information content (AvgIpc) is 2.87. The minimum Gasteiger partial charge on any atom is -0.473 e. The number of sulfonamides is 1. The maximum absolute atomic E-state index is 12.8. The zero-order chi connectivity index (χ0) is 24.5. The van der Waals surface area contributed by atoms with Crippen molar-refractivity contribution >= 4 is 21.9 Å². The molecule has 0 atom stereocenters. The summed E-state index contributed by atoms with van der Waals surface area (Å²) in [5.41, 5.74) is 2.93. The molecule has 9 nitrogen and oxygen atoms in total. The summed E-state index contributed by atoms with van der Waals surface area (Å²) in [5, 5.41) is 1.10. The molecule has 0 aliphatic rings. The van der Waals surface area contributed by atoms with Gasteiger partial charge in [-0.15, -0.1) is 0 Å². The molecule has 0 bridgehead atoms. The Morgan fingerprint density at radius 2 is 1.69 bits per heavy atom. The van der Waals surface area contributed by atoms with Crippen LogP contribution in [0.1, 0.15) is 11.1 Å². The van der Waals surface area contributed by atoms with Gasteiger partial charge in [0.2, 0.25) is 11.8 Å². The highest BCUT2D eigenvalue weighted by molar-refractivity contribution is 7.95. The number of benzene rings is 2. The van der Waals surface area contributed by atoms with Crippen LogP contribution < -0.4 is 14.2 Å². The number of hydrogen-bond donors (Lipinski definition) is 1. The van der Waals surface area contributed by atoms with E-state index in [1.54, 1.807) is 6.20 Å². The molecular formula is C25H23N5O4S. The van der Waals surface area contributed by atoms with E-state index in [9.17, 15) is 8.42 Å². The molecule has 4 rings (SSSR count). The molecule has 0 fully saturated rings. The van der Waals surface area contributed by atoms with Crippen molar-refractivity contribution in [2.24, 2.45) is 0 Å². The lowest BCUT2D eigenvalue weighted by Crippen LogP contribution is -2.14. The fourth-order valence-electron chi connectivity index (χ4n) is 3.08. The van der Waals surface area contributed by atoms with Crippen LogP contribution in [-0.4, -0.2) is 41.6 Å². The van der Waals surface area contributed by atoms with Crippen LogP contribution >= 0.6 is 0 Å². The number of rotatable bonds is 10. The van der Waals surface area contributed by atoms with Crippen LogP contribution in [0.2, 0.25) is 0 Å². The summed E-state index contributed by atoms with van der Waals surface area (Å²) in [7, 11) is -3.87. The fourth-order valence-corrected chi connectivity index (χ4v) is 3.91. The summed E-state index contributed by atoms with van der Waals surface area (Å²) in [6.45, 7) is 2.30. The highest BCUT2D eigenvalue weighted by atomic mass is 32.2. The molecule has 0 radical (unpaired) electrons. The van der Waals surface area contributed by atoms with Gasteiger partial charge in [0.1, 0.15) is 19.5 Å². The number of ether oxygens (including phenoxy) is 2. The predicted octanol–water partition coefficient (Wildman–Crippen LogP) is 4.11. The van der Waals surface area contributed by atoms with E-state index >= 15 is 0 Å². The maximum atomic E-state index is 12.8. The second-order valence-electron chi connectivity index (χ2n) is 7.37. The van der Waals surface area contributed by atoms with Gasteiger partial charge in [-0.3, -0.25) is 9.71 Å². The summed E-state index contributed by atoms with van der Waals surface area (Å²) >= 11 is 0. The van der Waals surface area contributed by atoms with E-state index in [4.69, 9.17) is 9.47 Å². The molecule has 0 aliphatic heterocycles. The van der Waals surface area contributed by atoms with Crippen molar-refractivity contribution in [1.29, 1.82) is 0 Å². The third kappa shape index (κ3) is 6.84. The van der Waals surface area contributed by atoms with Crippen LogP contribution in [0.3, 0.4) is 0 Å². The number of nitrogens with one attached hydrogen (secondary N) is 1. The van der Waals surface area contributed by atoms with E-state index < -0.39 is 10.0 Å². The lowest BCUT2D eigenvalue weighted by molar-refractivity contribution is 0.207. The Bertz CT molecular complexity index is 1380. The van der Waals surface area contributed by atoms with E-state index in [-0.39, 0.29) is 24.9 Å². The molecule has 35 heavy (non-hydrogen) atoms. The molecule has 2 heterocycles. The predicted molar refractivity (Wildman–Crippen MR) is 133 cm³/mol. The highest BCUT2D eigenvalue weighted by Gasteiger charge is 2.19. The first-order chi connectivity index (χ1) is 17.0. The van der Waals surface area contributed by atoms with Crippen molar-refractivity contribution in [3.63, 3.8) is 0 Å². The minimum atomic E-state index is -3.87. The first kappa shape index (κ1) is 23.8. The first-order valence-corrected chi connectivity index (χ1v) is 12.2. The Kier molecular flexibility index (Phi) is 7.63. The van der Waals surface area contributed by atoms with Crippen molar-refractivity contribution in [3.8, 4) is 22.9 Å². The normalized spacial score (nSPS) is 11.3. The summed E-state index contributed by atoms with van der Waals surface area (Å²) in [4.78, 5) is 16.4. The minimum absolute atomic E-state index is 0.103. The van der Waals surface area contributed by atoms with E-state index in [2.05, 4.69) is 24.7 Å². The van der Waals surface area contributed by atoms with Gasteiger partial charge in [-0.25, -0.2) is 23.4 Å². The van der Waals surface area contributed by atoms with Gasteiger partial charge in [-0.05, 0) is 24.1 Å². The Hall–Kier alpha value is -4.31. The van der Waals surface area contributed by atoms with Crippen LogP contribution in [-0.2, 0) is 10.0 Å². The lowest BCUT2D eigenvalue weighted by Gasteiger charge is -2.15. The van der Waals surface area contributed by atoms with Gasteiger partial charge in [-0.2, -0.15) is 0 Å². The summed E-state index contributed by atoms with van der Waals surface area (Å²) in [5.74, 6) is 0.693. The molecule has 10 heteroatoms. The van der Waals surface area contributed by atoms with E-state index in [1.807, 2.05) is 61.5 Å². The van der Waals surface area contributed by atoms with Gasteiger partial charge < -0.3 is 9.47 Å². The summed E-state index contributed by atoms with van der Waals surface area (Å²) in [6, 6.07) is 16.7. The Morgan fingerprint density at radius 1 is 0.914 bits per heavy atom. The van der Waals surface area contributed by atoms with Crippen molar-refractivity contribution in [2.45, 2.75) is 6.92 Å². The zero-order valence-electron chi connectivity index (χ0n) is 18.9. The lowest BCUT2D eigenvalue weighted by atomic mass is 10.1. The molecule has 0 saturated heterocycles. The molecule has 2 aromatic heterocycles. The molecule has 178 valence electrons. The molecule has 0 amide bonds. The van der Waals surface area contributed by atoms with Gasteiger partial charge in [0, 0.05) is 12.4 Å². The molecule has 0 saturated carbocycles. The molecule has 1 N–H and O–H groups in total. The summed E-state index contributed by atoms with van der Waals surface area (Å²) in [6.07, 6.45) is 7.33. The van der Waals surface area contributed by atoms with Gasteiger partial charge in [0.25, 0.3) is 10.0 Å². The molecule has 2 aromatic carbocycles. The average molecular weight is 490 g/mol. The fraction of sp³-hybridized carbons (Fsp3) is 0.120. The molecule has 0 aliphatic carbocycles. The molecule has 0 unspecified atom stereocenters. The van der Waals surface area contributed by atoms with Gasteiger partial charge in [0.15, 0.2) is 5.82 Å². The largest absolute Gasteiger partial charge is 0.473 e. The Morgan fingerprint density at radius 3 is 2.43 bits per heavy atom. The van der Waals surface area contributed by atoms with Gasteiger partial charge in [-0.1, -0.05) is 60.2 Å². The number of aromatic nitrogens is 4. The third-order valence-corrected chi connectivity index (χ3v) is 5.71. The molecular weight excluding hydrogens is 466 g/mol. The van der Waals surface area contributed by atoms with Crippen molar-refractivity contribution < 1.29 is 17.9 Å². The zero-order valence-corrected chi connectivity index (χ0v) is 19.7. The van der Waals surface area contributed by atoms with Crippen LogP contribution in [0.15, 0.2) is 84.9 Å². The van der Waals surface area contributed by atoms with E-state index in [1.165, 1.54) is 24.8 Å². The second kappa shape index (κ2) is 11.2. The molecule has 0 spiro atoms. The number of aryl methyl sites for hydroxylation is 1. The van der Waals surface area contributed by atoms with Crippen molar-refractivity contribution in [1.82, 2.24) is 19.9 Å². The van der Waals surface area contributed by atoms with Crippen molar-refractivity contribution in [3.05, 3.63) is 96.1 Å². The highest BCUT2D eigenvalue weighted by Crippen LogP contribution is 2.34. The Labute approximate surface area is 203 Å². The van der Waals surface area contributed by atoms with E-state index in [0.29, 0.717) is 17.0 Å². The summed E-state index contributed by atoms with van der Waals surface area (Å²) < 4.78 is 39.5. The van der Waals surface area contributed by atoms with Crippen LogP contribution in [0.5, 0.6) is 11.8 Å². The van der Waals surface area contributed by atoms with Crippen LogP contribution in [0.4, 0.5) is 5.82 Å². The second-order valence-corrected chi connectivity index (χ2v) is 8.94. The monoisotopic (exact) mass is 489 g/mol. The van der Waals surface area contributed by atoms with Gasteiger partial charge >= 0.3 is 0 Å². The van der Waals surface area contributed by atoms with Crippen LogP contribution in [0, 0.1) is 6.92 Å². The van der Waals surface area contributed by atoms with E-state index in [0.717, 1.165) is 16.5 Å². The first-order valence-electron chi connectivity index (χ1n) is 10.7. The Balaban J connectivity index is 1.57. The topological polar surface area (TPSA) is 116 Å². The number of anilines is 1. The van der Waals surface area contributed by atoms with Crippen LogP contribution in [0.25, 0.3) is 17.2 Å². The third-order valence-electron chi connectivity index (χ3n) is 4.74. The molecule has 4 aromatic rings. The quantitative estimate of drug-likeness (QED) is 0.331. The standard InChI is InChI=1S/C25H23N5O4S/c1-19-7-9-21(10-8-19)23-24(30-35(31,32)16-11-20-5-3-2-4-6-20)28-18-29-25(23)34-15-14-33-22-17-26-12-13-27-22/h2-13,16-18H,14-15H2,1H3,(H,28,29,30)/b16-11+. The number of hydrogen-bond acceptors (Lipinski definition) is 8. The maximum Gasteiger partial charge on any atom is 0.256 e. The van der Waals surface area contributed by atoms with Crippen molar-refractivity contribution in [2.75, 3.05) is 17.9 Å². The smallest absolute Gasteiger partial charge is 0.256 e. The number of nitrogens with zero attached hydrogens (tertiary/aromatic N) is 4.